The van der Waals surface area contributed by atoms with Gasteiger partial charge in [-0.2, -0.15) is 0 Å². The summed E-state index contributed by atoms with van der Waals surface area (Å²) in [5, 5.41) is 4.66. The first-order valence-corrected chi connectivity index (χ1v) is 7.74. The molecule has 0 radical (unpaired) electrons. The maximum atomic E-state index is 5.83. The number of aryl methyl sites for hydroxylation is 2. The molecule has 0 saturated heterocycles. The molecule has 0 aliphatic carbocycles. The first-order valence-electron chi connectivity index (χ1n) is 6.55. The lowest BCUT2D eigenvalue weighted by atomic mass is 10.1. The minimum absolute atomic E-state index is 0.621. The van der Waals surface area contributed by atoms with Gasteiger partial charge >= 0.3 is 0 Å². The van der Waals surface area contributed by atoms with Crippen molar-refractivity contribution in [2.75, 3.05) is 5.32 Å². The van der Waals surface area contributed by atoms with Gasteiger partial charge in [-0.3, -0.25) is 0 Å². The van der Waals surface area contributed by atoms with Crippen molar-refractivity contribution in [2.24, 2.45) is 0 Å². The lowest BCUT2D eigenvalue weighted by molar-refractivity contribution is 1.28. The summed E-state index contributed by atoms with van der Waals surface area (Å²) in [6.07, 6.45) is 1.62. The van der Waals surface area contributed by atoms with Crippen molar-refractivity contribution in [3.63, 3.8) is 0 Å². The highest BCUT2D eigenvalue weighted by Crippen LogP contribution is 2.31. The Hall–Kier alpha value is -1.91. The Morgan fingerprint density at radius 1 is 1.05 bits per heavy atom. The van der Waals surface area contributed by atoms with Gasteiger partial charge in [0.05, 0.1) is 10.7 Å². The molecule has 106 valence electrons. The molecule has 1 aromatic carbocycles. The summed E-state index contributed by atoms with van der Waals surface area (Å²) in [5.74, 6) is 0.739. The van der Waals surface area contributed by atoms with Gasteiger partial charge in [-0.15, -0.1) is 11.3 Å². The lowest BCUT2D eigenvalue weighted by Crippen LogP contribution is -1.92. The minimum atomic E-state index is 0.621. The molecule has 0 saturated carbocycles. The predicted molar refractivity (Wildman–Crippen MR) is 89.6 cm³/mol. The van der Waals surface area contributed by atoms with Crippen LogP contribution in [0, 0.1) is 13.8 Å². The highest BCUT2D eigenvalue weighted by atomic mass is 35.5. The molecule has 0 spiro atoms. The van der Waals surface area contributed by atoms with Gasteiger partial charge in [0.25, 0.3) is 0 Å². The molecule has 1 N–H and O–H groups in total. The topological polar surface area (TPSA) is 37.8 Å². The van der Waals surface area contributed by atoms with Gasteiger partial charge in [0.15, 0.2) is 5.13 Å². The SMILES string of the molecule is Cc1ccc(-c2nc(Nc3ccc(Cl)cn3)sc2C)cc1. The summed E-state index contributed by atoms with van der Waals surface area (Å²) in [6, 6.07) is 12.0. The summed E-state index contributed by atoms with van der Waals surface area (Å²) in [4.78, 5) is 10.1. The number of nitrogens with zero attached hydrogens (tertiary/aromatic N) is 2. The molecule has 21 heavy (non-hydrogen) atoms. The van der Waals surface area contributed by atoms with E-state index >= 15 is 0 Å². The minimum Gasteiger partial charge on any atom is -0.316 e. The Balaban J connectivity index is 1.87. The molecular weight excluding hydrogens is 302 g/mol. The van der Waals surface area contributed by atoms with Gasteiger partial charge in [0.1, 0.15) is 5.82 Å². The van der Waals surface area contributed by atoms with Crippen LogP contribution in [0.3, 0.4) is 0 Å². The number of thiazole rings is 1. The Morgan fingerprint density at radius 2 is 1.81 bits per heavy atom. The fourth-order valence-corrected chi connectivity index (χ4v) is 2.94. The average molecular weight is 316 g/mol. The molecule has 0 atom stereocenters. The first kappa shape index (κ1) is 14.0. The third kappa shape index (κ3) is 3.23. The number of anilines is 2. The molecule has 3 rings (SSSR count). The average Bonchev–Trinajstić information content (AvgIpc) is 2.83. The van der Waals surface area contributed by atoms with Crippen LogP contribution in [0.2, 0.25) is 5.02 Å². The molecule has 2 heterocycles. The molecule has 0 bridgehead atoms. The fourth-order valence-electron chi connectivity index (χ4n) is 1.99. The van der Waals surface area contributed by atoms with Gasteiger partial charge < -0.3 is 5.32 Å². The summed E-state index contributed by atoms with van der Waals surface area (Å²) >= 11 is 7.45. The zero-order valence-electron chi connectivity index (χ0n) is 11.7. The van der Waals surface area contributed by atoms with E-state index in [-0.39, 0.29) is 0 Å². The summed E-state index contributed by atoms with van der Waals surface area (Å²) in [7, 11) is 0. The Bertz CT molecular complexity index is 748. The molecule has 0 aliphatic heterocycles. The smallest absolute Gasteiger partial charge is 0.189 e. The van der Waals surface area contributed by atoms with Gasteiger partial charge in [0.2, 0.25) is 0 Å². The van der Waals surface area contributed by atoms with Gasteiger partial charge in [-0.05, 0) is 26.0 Å². The van der Waals surface area contributed by atoms with Crippen LogP contribution in [0.5, 0.6) is 0 Å². The third-order valence-electron chi connectivity index (χ3n) is 3.08. The zero-order valence-corrected chi connectivity index (χ0v) is 13.3. The number of rotatable bonds is 3. The van der Waals surface area contributed by atoms with Crippen LogP contribution in [0.4, 0.5) is 10.9 Å². The van der Waals surface area contributed by atoms with Crippen molar-refractivity contribution in [3.05, 3.63) is 58.1 Å². The van der Waals surface area contributed by atoms with Gasteiger partial charge in [-0.25, -0.2) is 9.97 Å². The van der Waals surface area contributed by atoms with Crippen molar-refractivity contribution in [1.82, 2.24) is 9.97 Å². The molecule has 0 unspecified atom stereocenters. The number of hydrogen-bond donors (Lipinski definition) is 1. The van der Waals surface area contributed by atoms with E-state index in [1.54, 1.807) is 23.6 Å². The molecule has 0 aliphatic rings. The number of hydrogen-bond acceptors (Lipinski definition) is 4. The lowest BCUT2D eigenvalue weighted by Gasteiger charge is -2.01. The van der Waals surface area contributed by atoms with Crippen molar-refractivity contribution < 1.29 is 0 Å². The van der Waals surface area contributed by atoms with Crippen LogP contribution in [0.15, 0.2) is 42.6 Å². The van der Waals surface area contributed by atoms with E-state index in [1.165, 1.54) is 10.4 Å². The maximum absolute atomic E-state index is 5.83. The molecule has 0 fully saturated rings. The van der Waals surface area contributed by atoms with Crippen LogP contribution in [-0.2, 0) is 0 Å². The Labute approximate surface area is 132 Å². The van der Waals surface area contributed by atoms with Gasteiger partial charge in [-0.1, -0.05) is 41.4 Å². The summed E-state index contributed by atoms with van der Waals surface area (Å²) < 4.78 is 0. The molecular formula is C16H14ClN3S. The van der Waals surface area contributed by atoms with Crippen LogP contribution in [-0.4, -0.2) is 9.97 Å². The van der Waals surface area contributed by atoms with Crippen LogP contribution < -0.4 is 5.32 Å². The third-order valence-corrected chi connectivity index (χ3v) is 4.19. The van der Waals surface area contributed by atoms with Crippen molar-refractivity contribution in [1.29, 1.82) is 0 Å². The normalized spacial score (nSPS) is 10.6. The van der Waals surface area contributed by atoms with Crippen LogP contribution >= 0.6 is 22.9 Å². The highest BCUT2D eigenvalue weighted by molar-refractivity contribution is 7.16. The van der Waals surface area contributed by atoms with E-state index < -0.39 is 0 Å². The van der Waals surface area contributed by atoms with Crippen LogP contribution in [0.25, 0.3) is 11.3 Å². The van der Waals surface area contributed by atoms with E-state index in [0.29, 0.717) is 5.02 Å². The second kappa shape index (κ2) is 5.84. The molecule has 3 aromatic rings. The van der Waals surface area contributed by atoms with E-state index in [2.05, 4.69) is 53.4 Å². The van der Waals surface area contributed by atoms with E-state index in [0.717, 1.165) is 22.2 Å². The largest absolute Gasteiger partial charge is 0.316 e. The van der Waals surface area contributed by atoms with Gasteiger partial charge in [0, 0.05) is 16.6 Å². The van der Waals surface area contributed by atoms with Crippen molar-refractivity contribution >= 4 is 33.9 Å². The van der Waals surface area contributed by atoms with Crippen molar-refractivity contribution in [2.45, 2.75) is 13.8 Å². The monoisotopic (exact) mass is 315 g/mol. The Morgan fingerprint density at radius 3 is 2.48 bits per heavy atom. The van der Waals surface area contributed by atoms with Crippen molar-refractivity contribution in [3.8, 4) is 11.3 Å². The number of pyridine rings is 1. The first-order chi connectivity index (χ1) is 10.1. The predicted octanol–water partition coefficient (Wildman–Crippen LogP) is 5.22. The fraction of sp³-hybridized carbons (Fsp3) is 0.125. The summed E-state index contributed by atoms with van der Waals surface area (Å²) in [6.45, 7) is 4.16. The van der Waals surface area contributed by atoms with E-state index in [4.69, 9.17) is 11.6 Å². The molecule has 5 heteroatoms. The number of benzene rings is 1. The standard InChI is InChI=1S/C16H14ClN3S/c1-10-3-5-12(6-4-10)15-11(2)21-16(20-15)19-14-8-7-13(17)9-18-14/h3-9H,1-2H3,(H,18,19,20). The number of halogens is 1. The van der Waals surface area contributed by atoms with E-state index in [9.17, 15) is 0 Å². The zero-order chi connectivity index (χ0) is 14.8. The molecule has 3 nitrogen and oxygen atoms in total. The number of nitrogens with one attached hydrogen (secondary N) is 1. The van der Waals surface area contributed by atoms with E-state index in [1.807, 2.05) is 6.07 Å². The van der Waals surface area contributed by atoms with Crippen LogP contribution in [0.1, 0.15) is 10.4 Å². The quantitative estimate of drug-likeness (QED) is 0.720. The molecule has 2 aromatic heterocycles. The molecule has 0 amide bonds. The second-order valence-electron chi connectivity index (χ2n) is 4.78. The number of aromatic nitrogens is 2. The summed E-state index contributed by atoms with van der Waals surface area (Å²) in [5.41, 5.74) is 3.39. The second-order valence-corrected chi connectivity index (χ2v) is 6.42. The highest BCUT2D eigenvalue weighted by Gasteiger charge is 2.10. The Kier molecular flexibility index (Phi) is 3.90. The maximum Gasteiger partial charge on any atom is 0.189 e.